The normalized spacial score (nSPS) is 10.7. The number of hydrogen-bond acceptors (Lipinski definition) is 3. The average molecular weight is 265 g/mol. The maximum Gasteiger partial charge on any atom is 0.258 e. The molecule has 2 N–H and O–H groups in total. The first kappa shape index (κ1) is 12.4. The van der Waals surface area contributed by atoms with Crippen molar-refractivity contribution in [3.8, 4) is 0 Å². The van der Waals surface area contributed by atoms with Crippen LogP contribution in [-0.2, 0) is 6.54 Å². The van der Waals surface area contributed by atoms with Gasteiger partial charge < -0.3 is 10.3 Å². The van der Waals surface area contributed by atoms with Gasteiger partial charge in [-0.05, 0) is 30.7 Å². The standard InChI is InChI=1S/C16H15N3O/c1-11-2-4-12(5-3-11)9-17-13-6-7-15-14(8-13)16(20)19-10-18-15/h2-8,10,17H,9H2,1H3,(H,18,19,20). The number of fused-ring (bicyclic) bond motifs is 1. The molecule has 1 heterocycles. The Morgan fingerprint density at radius 1 is 1.15 bits per heavy atom. The quantitative estimate of drug-likeness (QED) is 0.765. The van der Waals surface area contributed by atoms with Crippen LogP contribution in [0.5, 0.6) is 0 Å². The van der Waals surface area contributed by atoms with E-state index in [0.29, 0.717) is 10.9 Å². The fourth-order valence-electron chi connectivity index (χ4n) is 2.09. The van der Waals surface area contributed by atoms with Crippen molar-refractivity contribution in [2.24, 2.45) is 0 Å². The van der Waals surface area contributed by atoms with Gasteiger partial charge in [0.2, 0.25) is 0 Å². The second-order valence-electron chi connectivity index (χ2n) is 4.80. The lowest BCUT2D eigenvalue weighted by atomic mass is 10.1. The van der Waals surface area contributed by atoms with Crippen LogP contribution >= 0.6 is 0 Å². The van der Waals surface area contributed by atoms with E-state index in [4.69, 9.17) is 0 Å². The summed E-state index contributed by atoms with van der Waals surface area (Å²) >= 11 is 0. The molecule has 0 bridgehead atoms. The molecule has 0 fully saturated rings. The van der Waals surface area contributed by atoms with Gasteiger partial charge in [-0.2, -0.15) is 0 Å². The molecule has 100 valence electrons. The molecule has 3 aromatic rings. The zero-order chi connectivity index (χ0) is 13.9. The molecule has 4 nitrogen and oxygen atoms in total. The van der Waals surface area contributed by atoms with Crippen LogP contribution in [0.25, 0.3) is 10.9 Å². The van der Waals surface area contributed by atoms with Crippen molar-refractivity contribution in [2.45, 2.75) is 13.5 Å². The molecule has 0 radical (unpaired) electrons. The summed E-state index contributed by atoms with van der Waals surface area (Å²) in [6.07, 6.45) is 1.42. The van der Waals surface area contributed by atoms with E-state index in [9.17, 15) is 4.79 Å². The first-order valence-electron chi connectivity index (χ1n) is 6.49. The molecule has 4 heteroatoms. The molecular weight excluding hydrogens is 250 g/mol. The van der Waals surface area contributed by atoms with Crippen LogP contribution < -0.4 is 10.9 Å². The number of rotatable bonds is 3. The Kier molecular flexibility index (Phi) is 3.21. The lowest BCUT2D eigenvalue weighted by molar-refractivity contribution is 1.14. The molecule has 0 unspecified atom stereocenters. The molecule has 1 aromatic heterocycles. The lowest BCUT2D eigenvalue weighted by Gasteiger charge is -2.07. The van der Waals surface area contributed by atoms with E-state index in [0.717, 1.165) is 12.2 Å². The van der Waals surface area contributed by atoms with Crippen molar-refractivity contribution in [1.29, 1.82) is 0 Å². The van der Waals surface area contributed by atoms with E-state index >= 15 is 0 Å². The van der Waals surface area contributed by atoms with Crippen LogP contribution in [0.15, 0.2) is 53.6 Å². The predicted octanol–water partition coefficient (Wildman–Crippen LogP) is 2.84. The van der Waals surface area contributed by atoms with Gasteiger partial charge in [-0.25, -0.2) is 4.98 Å². The van der Waals surface area contributed by atoms with Crippen molar-refractivity contribution in [3.05, 3.63) is 70.3 Å². The zero-order valence-electron chi connectivity index (χ0n) is 11.2. The van der Waals surface area contributed by atoms with Gasteiger partial charge >= 0.3 is 0 Å². The van der Waals surface area contributed by atoms with Crippen LogP contribution in [0.2, 0.25) is 0 Å². The number of nitrogens with one attached hydrogen (secondary N) is 2. The summed E-state index contributed by atoms with van der Waals surface area (Å²) < 4.78 is 0. The largest absolute Gasteiger partial charge is 0.381 e. The molecule has 0 amide bonds. The lowest BCUT2D eigenvalue weighted by Crippen LogP contribution is -2.07. The molecule has 0 saturated heterocycles. The highest BCUT2D eigenvalue weighted by atomic mass is 16.1. The monoisotopic (exact) mass is 265 g/mol. The third kappa shape index (κ3) is 2.54. The molecule has 2 aromatic carbocycles. The number of benzene rings is 2. The van der Waals surface area contributed by atoms with Gasteiger partial charge in [-0.3, -0.25) is 4.79 Å². The van der Waals surface area contributed by atoms with Crippen LogP contribution in [-0.4, -0.2) is 9.97 Å². The summed E-state index contributed by atoms with van der Waals surface area (Å²) in [5.41, 5.74) is 3.95. The van der Waals surface area contributed by atoms with Gasteiger partial charge in [0.05, 0.1) is 17.2 Å². The second kappa shape index (κ2) is 5.17. The third-order valence-electron chi connectivity index (χ3n) is 3.26. The Hall–Kier alpha value is -2.62. The Morgan fingerprint density at radius 2 is 1.95 bits per heavy atom. The number of aryl methyl sites for hydroxylation is 1. The molecule has 0 aliphatic rings. The van der Waals surface area contributed by atoms with Crippen molar-refractivity contribution >= 4 is 16.6 Å². The minimum absolute atomic E-state index is 0.117. The summed E-state index contributed by atoms with van der Waals surface area (Å²) in [5.74, 6) is 0. The number of H-pyrrole nitrogens is 1. The van der Waals surface area contributed by atoms with Crippen molar-refractivity contribution in [1.82, 2.24) is 9.97 Å². The van der Waals surface area contributed by atoms with Crippen LogP contribution in [0.1, 0.15) is 11.1 Å². The second-order valence-corrected chi connectivity index (χ2v) is 4.80. The highest BCUT2D eigenvalue weighted by Crippen LogP contribution is 2.15. The van der Waals surface area contributed by atoms with E-state index in [1.165, 1.54) is 17.5 Å². The minimum atomic E-state index is -0.117. The molecule has 20 heavy (non-hydrogen) atoms. The zero-order valence-corrected chi connectivity index (χ0v) is 11.2. The molecule has 0 aliphatic heterocycles. The third-order valence-corrected chi connectivity index (χ3v) is 3.26. The van der Waals surface area contributed by atoms with Gasteiger partial charge in [-0.1, -0.05) is 29.8 Å². The van der Waals surface area contributed by atoms with Crippen molar-refractivity contribution in [3.63, 3.8) is 0 Å². The van der Waals surface area contributed by atoms with Gasteiger partial charge in [0.1, 0.15) is 0 Å². The summed E-state index contributed by atoms with van der Waals surface area (Å²) in [7, 11) is 0. The predicted molar refractivity (Wildman–Crippen MR) is 80.9 cm³/mol. The summed E-state index contributed by atoms with van der Waals surface area (Å²) in [5, 5.41) is 3.92. The van der Waals surface area contributed by atoms with E-state index in [-0.39, 0.29) is 5.56 Å². The van der Waals surface area contributed by atoms with E-state index in [2.05, 4.69) is 46.5 Å². The Labute approximate surface area is 116 Å². The highest BCUT2D eigenvalue weighted by molar-refractivity contribution is 5.81. The van der Waals surface area contributed by atoms with E-state index in [1.54, 1.807) is 0 Å². The van der Waals surface area contributed by atoms with Crippen LogP contribution in [0.3, 0.4) is 0 Å². The fraction of sp³-hybridized carbons (Fsp3) is 0.125. The van der Waals surface area contributed by atoms with Crippen molar-refractivity contribution < 1.29 is 0 Å². The maximum absolute atomic E-state index is 11.7. The molecule has 0 aliphatic carbocycles. The number of hydrogen-bond donors (Lipinski definition) is 2. The minimum Gasteiger partial charge on any atom is -0.381 e. The first-order valence-corrected chi connectivity index (χ1v) is 6.49. The van der Waals surface area contributed by atoms with E-state index < -0.39 is 0 Å². The number of aromatic nitrogens is 2. The van der Waals surface area contributed by atoms with Crippen LogP contribution in [0, 0.1) is 6.92 Å². The van der Waals surface area contributed by atoms with Crippen LogP contribution in [0.4, 0.5) is 5.69 Å². The van der Waals surface area contributed by atoms with Gasteiger partial charge in [-0.15, -0.1) is 0 Å². The highest BCUT2D eigenvalue weighted by Gasteiger charge is 2.01. The summed E-state index contributed by atoms with van der Waals surface area (Å²) in [6.45, 7) is 2.80. The topological polar surface area (TPSA) is 57.8 Å². The molecule has 0 spiro atoms. The molecule has 0 atom stereocenters. The summed E-state index contributed by atoms with van der Waals surface area (Å²) in [6, 6.07) is 14.0. The van der Waals surface area contributed by atoms with Gasteiger partial charge in [0.15, 0.2) is 0 Å². The number of aromatic amines is 1. The SMILES string of the molecule is Cc1ccc(CNc2ccc3nc[nH]c(=O)c3c2)cc1. The molecule has 3 rings (SSSR count). The van der Waals surface area contributed by atoms with Gasteiger partial charge in [0.25, 0.3) is 5.56 Å². The van der Waals surface area contributed by atoms with Crippen molar-refractivity contribution in [2.75, 3.05) is 5.32 Å². The number of anilines is 1. The smallest absolute Gasteiger partial charge is 0.258 e. The average Bonchev–Trinajstić information content (AvgIpc) is 2.47. The van der Waals surface area contributed by atoms with Gasteiger partial charge in [0, 0.05) is 12.2 Å². The number of nitrogens with zero attached hydrogens (tertiary/aromatic N) is 1. The molecular formula is C16H15N3O. The first-order chi connectivity index (χ1) is 9.72. The fourth-order valence-corrected chi connectivity index (χ4v) is 2.09. The Balaban J connectivity index is 1.82. The van der Waals surface area contributed by atoms with E-state index in [1.807, 2.05) is 18.2 Å². The molecule has 0 saturated carbocycles. The maximum atomic E-state index is 11.7. The Bertz CT molecular complexity index is 791. The Morgan fingerprint density at radius 3 is 2.75 bits per heavy atom. The summed E-state index contributed by atoms with van der Waals surface area (Å²) in [4.78, 5) is 18.4.